The standard InChI is InChI=1S/C20H32N6O3/c1-3-22-20(25-15-8-12-26(13-9-15)14-18(28)21-2)24-11-10-23-19(29)16-6-4-5-7-17(16)27/h4-7,15,27H,3,8-14H2,1-2H3,(H,21,28)(H,23,29)(H2,22,24,25). The minimum atomic E-state index is -0.320. The van der Waals surface area contributed by atoms with Crippen LogP contribution in [0, 0.1) is 0 Å². The van der Waals surface area contributed by atoms with Gasteiger partial charge in [-0.1, -0.05) is 12.1 Å². The minimum absolute atomic E-state index is 0.0359. The number of carbonyl (C=O) groups excluding carboxylic acids is 2. The van der Waals surface area contributed by atoms with E-state index in [0.717, 1.165) is 32.5 Å². The first kappa shape index (κ1) is 22.5. The summed E-state index contributed by atoms with van der Waals surface area (Å²) < 4.78 is 0. The van der Waals surface area contributed by atoms with Crippen LogP contribution in [0.25, 0.3) is 0 Å². The van der Waals surface area contributed by atoms with Gasteiger partial charge in [-0.15, -0.1) is 0 Å². The van der Waals surface area contributed by atoms with Crippen LogP contribution < -0.4 is 21.3 Å². The molecule has 0 bridgehead atoms. The number of phenolic OH excluding ortho intramolecular Hbond substituents is 1. The summed E-state index contributed by atoms with van der Waals surface area (Å²) in [7, 11) is 1.65. The van der Waals surface area contributed by atoms with E-state index in [-0.39, 0.29) is 23.1 Å². The smallest absolute Gasteiger partial charge is 0.255 e. The molecule has 0 aromatic heterocycles. The molecular formula is C20H32N6O3. The number of hydrogen-bond acceptors (Lipinski definition) is 5. The fourth-order valence-electron chi connectivity index (χ4n) is 3.13. The maximum Gasteiger partial charge on any atom is 0.255 e. The zero-order chi connectivity index (χ0) is 21.1. The second kappa shape index (κ2) is 11.9. The highest BCUT2D eigenvalue weighted by Crippen LogP contribution is 2.14. The second-order valence-electron chi connectivity index (χ2n) is 6.90. The summed E-state index contributed by atoms with van der Waals surface area (Å²) in [6, 6.07) is 6.74. The number of amides is 2. The fourth-order valence-corrected chi connectivity index (χ4v) is 3.13. The van der Waals surface area contributed by atoms with Gasteiger partial charge in [-0.05, 0) is 31.9 Å². The molecule has 1 fully saturated rings. The predicted octanol–water partition coefficient (Wildman–Crippen LogP) is -0.112. The van der Waals surface area contributed by atoms with Gasteiger partial charge >= 0.3 is 0 Å². The maximum absolute atomic E-state index is 12.1. The van der Waals surface area contributed by atoms with E-state index in [1.807, 2.05) is 6.92 Å². The Labute approximate surface area is 172 Å². The molecule has 29 heavy (non-hydrogen) atoms. The monoisotopic (exact) mass is 404 g/mol. The van der Waals surface area contributed by atoms with Gasteiger partial charge in [-0.3, -0.25) is 19.5 Å². The van der Waals surface area contributed by atoms with E-state index in [1.54, 1.807) is 25.2 Å². The number of nitrogens with one attached hydrogen (secondary N) is 4. The van der Waals surface area contributed by atoms with Gasteiger partial charge in [0.15, 0.2) is 5.96 Å². The number of benzene rings is 1. The van der Waals surface area contributed by atoms with Gasteiger partial charge in [-0.25, -0.2) is 0 Å². The van der Waals surface area contributed by atoms with Crippen molar-refractivity contribution in [3.8, 4) is 5.75 Å². The number of rotatable bonds is 8. The van der Waals surface area contributed by atoms with Crippen molar-refractivity contribution in [1.82, 2.24) is 26.2 Å². The molecule has 0 unspecified atom stereocenters. The van der Waals surface area contributed by atoms with E-state index in [1.165, 1.54) is 6.07 Å². The molecule has 0 atom stereocenters. The zero-order valence-corrected chi connectivity index (χ0v) is 17.2. The van der Waals surface area contributed by atoms with Crippen molar-refractivity contribution in [2.75, 3.05) is 46.3 Å². The van der Waals surface area contributed by atoms with Gasteiger partial charge in [-0.2, -0.15) is 0 Å². The molecule has 160 valence electrons. The lowest BCUT2D eigenvalue weighted by molar-refractivity contribution is -0.122. The van der Waals surface area contributed by atoms with Crippen LogP contribution in [-0.2, 0) is 4.79 Å². The SMILES string of the molecule is CCNC(=NCCNC(=O)c1ccccc1O)NC1CCN(CC(=O)NC)CC1. The van der Waals surface area contributed by atoms with Crippen LogP contribution in [0.5, 0.6) is 5.75 Å². The third-order valence-corrected chi connectivity index (χ3v) is 4.73. The van der Waals surface area contributed by atoms with E-state index < -0.39 is 0 Å². The summed E-state index contributed by atoms with van der Waals surface area (Å²) in [5.74, 6) is 0.400. The molecule has 2 amide bonds. The molecule has 1 heterocycles. The third kappa shape index (κ3) is 7.61. The van der Waals surface area contributed by atoms with Crippen molar-refractivity contribution in [3.05, 3.63) is 29.8 Å². The number of nitrogens with zero attached hydrogens (tertiary/aromatic N) is 2. The molecule has 1 aromatic rings. The molecule has 9 nitrogen and oxygen atoms in total. The first-order valence-corrected chi connectivity index (χ1v) is 10.1. The Balaban J connectivity index is 1.76. The quantitative estimate of drug-likeness (QED) is 0.234. The van der Waals surface area contributed by atoms with Gasteiger partial charge in [0.25, 0.3) is 5.91 Å². The van der Waals surface area contributed by atoms with Gasteiger partial charge in [0.1, 0.15) is 5.75 Å². The summed E-state index contributed by atoms with van der Waals surface area (Å²) in [6.45, 7) is 5.70. The highest BCUT2D eigenvalue weighted by Gasteiger charge is 2.21. The molecule has 5 N–H and O–H groups in total. The summed E-state index contributed by atoms with van der Waals surface area (Å²) in [6.07, 6.45) is 1.87. The van der Waals surface area contributed by atoms with Crippen LogP contribution in [-0.4, -0.2) is 80.1 Å². The Bertz CT molecular complexity index is 701. The average Bonchev–Trinajstić information content (AvgIpc) is 2.72. The van der Waals surface area contributed by atoms with Crippen LogP contribution in [0.2, 0.25) is 0 Å². The molecule has 2 rings (SSSR count). The topological polar surface area (TPSA) is 118 Å². The highest BCUT2D eigenvalue weighted by atomic mass is 16.3. The lowest BCUT2D eigenvalue weighted by Crippen LogP contribution is -2.50. The molecule has 0 spiro atoms. The van der Waals surface area contributed by atoms with Gasteiger partial charge in [0.05, 0.1) is 18.7 Å². The number of likely N-dealkylation sites (tertiary alicyclic amines) is 1. The molecule has 0 aliphatic carbocycles. The maximum atomic E-state index is 12.1. The van der Waals surface area contributed by atoms with Crippen LogP contribution in [0.15, 0.2) is 29.3 Å². The number of aromatic hydroxyl groups is 1. The Morgan fingerprint density at radius 1 is 1.21 bits per heavy atom. The lowest BCUT2D eigenvalue weighted by Gasteiger charge is -2.32. The summed E-state index contributed by atoms with van der Waals surface area (Å²) in [5.41, 5.74) is 0.255. The normalized spacial score (nSPS) is 15.6. The van der Waals surface area contributed by atoms with Crippen LogP contribution in [0.4, 0.5) is 0 Å². The highest BCUT2D eigenvalue weighted by molar-refractivity contribution is 5.96. The van der Waals surface area contributed by atoms with E-state index in [4.69, 9.17) is 0 Å². The van der Waals surface area contributed by atoms with Gasteiger partial charge < -0.3 is 26.4 Å². The van der Waals surface area contributed by atoms with Crippen LogP contribution in [0.3, 0.4) is 0 Å². The Hall–Kier alpha value is -2.81. The van der Waals surface area contributed by atoms with Gasteiger partial charge in [0, 0.05) is 39.3 Å². The van der Waals surface area contributed by atoms with E-state index in [2.05, 4.69) is 31.2 Å². The number of aliphatic imine (C=N–C) groups is 1. The summed E-state index contributed by atoms with van der Waals surface area (Å²) in [4.78, 5) is 30.2. The Morgan fingerprint density at radius 2 is 1.93 bits per heavy atom. The number of hydrogen-bond donors (Lipinski definition) is 5. The molecule has 0 radical (unpaired) electrons. The van der Waals surface area contributed by atoms with Crippen molar-refractivity contribution in [2.45, 2.75) is 25.8 Å². The Morgan fingerprint density at radius 3 is 2.59 bits per heavy atom. The minimum Gasteiger partial charge on any atom is -0.507 e. The molecular weight excluding hydrogens is 372 g/mol. The van der Waals surface area contributed by atoms with Gasteiger partial charge in [0.2, 0.25) is 5.91 Å². The zero-order valence-electron chi connectivity index (χ0n) is 17.2. The van der Waals surface area contributed by atoms with Crippen molar-refractivity contribution >= 4 is 17.8 Å². The number of piperidine rings is 1. The van der Waals surface area contributed by atoms with Crippen molar-refractivity contribution < 1.29 is 14.7 Å². The van der Waals surface area contributed by atoms with E-state index in [0.29, 0.717) is 31.6 Å². The van der Waals surface area contributed by atoms with E-state index >= 15 is 0 Å². The number of phenols is 1. The molecule has 1 aliphatic rings. The van der Waals surface area contributed by atoms with E-state index in [9.17, 15) is 14.7 Å². The number of guanidine groups is 1. The van der Waals surface area contributed by atoms with Crippen LogP contribution >= 0.6 is 0 Å². The average molecular weight is 405 g/mol. The predicted molar refractivity (Wildman–Crippen MR) is 113 cm³/mol. The number of para-hydroxylation sites is 1. The molecule has 1 saturated heterocycles. The molecule has 9 heteroatoms. The van der Waals surface area contributed by atoms with Crippen molar-refractivity contribution in [2.24, 2.45) is 4.99 Å². The first-order chi connectivity index (χ1) is 14.0. The van der Waals surface area contributed by atoms with Crippen molar-refractivity contribution in [1.29, 1.82) is 0 Å². The number of likely N-dealkylation sites (N-methyl/N-ethyl adjacent to an activating group) is 1. The molecule has 1 aliphatic heterocycles. The first-order valence-electron chi connectivity index (χ1n) is 10.1. The Kier molecular flexibility index (Phi) is 9.23. The lowest BCUT2D eigenvalue weighted by atomic mass is 10.1. The van der Waals surface area contributed by atoms with Crippen LogP contribution in [0.1, 0.15) is 30.1 Å². The summed E-state index contributed by atoms with van der Waals surface area (Å²) >= 11 is 0. The second-order valence-corrected chi connectivity index (χ2v) is 6.90. The fraction of sp³-hybridized carbons (Fsp3) is 0.550. The largest absolute Gasteiger partial charge is 0.507 e. The summed E-state index contributed by atoms with van der Waals surface area (Å²) in [5, 5.41) is 21.8. The van der Waals surface area contributed by atoms with Crippen molar-refractivity contribution in [3.63, 3.8) is 0 Å². The molecule has 0 saturated carbocycles. The third-order valence-electron chi connectivity index (χ3n) is 4.73. The number of carbonyl (C=O) groups is 2. The molecule has 1 aromatic carbocycles.